The number of hydrogen-bond donors (Lipinski definition) is 2. The lowest BCUT2D eigenvalue weighted by molar-refractivity contribution is 0.498. The van der Waals surface area contributed by atoms with Crippen LogP contribution in [0.3, 0.4) is 0 Å². The lowest BCUT2D eigenvalue weighted by atomic mass is 9.85. The van der Waals surface area contributed by atoms with Gasteiger partial charge in [0.25, 0.3) is 0 Å². The van der Waals surface area contributed by atoms with E-state index in [2.05, 4.69) is 24.4 Å². The standard InChI is InChI=1S/C8H15N3S2/c1-8(2)3-4-13-5-6(8)10-11-7(9)12/h3-5H2,1-2H3,(H3,9,11,12). The van der Waals surface area contributed by atoms with Crippen molar-refractivity contribution in [1.29, 1.82) is 0 Å². The van der Waals surface area contributed by atoms with Gasteiger partial charge in [-0.1, -0.05) is 13.8 Å². The van der Waals surface area contributed by atoms with Gasteiger partial charge >= 0.3 is 0 Å². The Morgan fingerprint density at radius 3 is 2.92 bits per heavy atom. The van der Waals surface area contributed by atoms with Gasteiger partial charge < -0.3 is 5.73 Å². The van der Waals surface area contributed by atoms with E-state index in [0.717, 1.165) is 17.9 Å². The molecular formula is C8H15N3S2. The predicted molar refractivity (Wildman–Crippen MR) is 63.1 cm³/mol. The highest BCUT2D eigenvalue weighted by Gasteiger charge is 2.28. The first-order chi connectivity index (χ1) is 6.02. The molecule has 0 aromatic rings. The molecule has 1 aliphatic heterocycles. The third kappa shape index (κ3) is 3.15. The van der Waals surface area contributed by atoms with E-state index in [9.17, 15) is 0 Å². The van der Waals surface area contributed by atoms with Crippen LogP contribution in [0.1, 0.15) is 20.3 Å². The topological polar surface area (TPSA) is 50.4 Å². The van der Waals surface area contributed by atoms with E-state index in [0.29, 0.717) is 0 Å². The molecule has 0 radical (unpaired) electrons. The first kappa shape index (κ1) is 10.8. The zero-order valence-electron chi connectivity index (χ0n) is 7.96. The minimum absolute atomic E-state index is 0.184. The van der Waals surface area contributed by atoms with Crippen LogP contribution < -0.4 is 11.2 Å². The Morgan fingerprint density at radius 1 is 1.69 bits per heavy atom. The summed E-state index contributed by atoms with van der Waals surface area (Å²) in [6.07, 6.45) is 1.16. The number of nitrogens with zero attached hydrogens (tertiary/aromatic N) is 1. The molecule has 0 unspecified atom stereocenters. The molecule has 1 aliphatic rings. The Bertz CT molecular complexity index is 236. The number of thiocarbonyl (C=S) groups is 1. The number of thioether (sulfide) groups is 1. The second-order valence-corrected chi connectivity index (χ2v) is 5.27. The number of hydrazone groups is 1. The zero-order chi connectivity index (χ0) is 9.90. The third-order valence-corrected chi connectivity index (χ3v) is 3.25. The van der Waals surface area contributed by atoms with Gasteiger partial charge in [0.2, 0.25) is 0 Å². The SMILES string of the molecule is CC1(C)CCSCC1=NNC(N)=S. The maximum atomic E-state index is 5.30. The lowest BCUT2D eigenvalue weighted by Crippen LogP contribution is -2.35. The maximum Gasteiger partial charge on any atom is 0.184 e. The lowest BCUT2D eigenvalue weighted by Gasteiger charge is -2.30. The molecule has 1 rings (SSSR count). The van der Waals surface area contributed by atoms with Crippen molar-refractivity contribution in [2.75, 3.05) is 11.5 Å². The fraction of sp³-hybridized carbons (Fsp3) is 0.750. The van der Waals surface area contributed by atoms with Crippen molar-refractivity contribution in [2.45, 2.75) is 20.3 Å². The van der Waals surface area contributed by atoms with Crippen LogP contribution in [0.5, 0.6) is 0 Å². The summed E-state index contributed by atoms with van der Waals surface area (Å²) in [5.74, 6) is 2.18. The van der Waals surface area contributed by atoms with Crippen molar-refractivity contribution >= 4 is 34.8 Å². The van der Waals surface area contributed by atoms with E-state index < -0.39 is 0 Å². The summed E-state index contributed by atoms with van der Waals surface area (Å²) in [6.45, 7) is 4.40. The van der Waals surface area contributed by atoms with Crippen LogP contribution in [0.4, 0.5) is 0 Å². The quantitative estimate of drug-likeness (QED) is 0.514. The number of hydrogen-bond acceptors (Lipinski definition) is 3. The van der Waals surface area contributed by atoms with Crippen LogP contribution >= 0.6 is 24.0 Å². The van der Waals surface area contributed by atoms with Crippen LogP contribution in [0, 0.1) is 5.41 Å². The molecule has 1 heterocycles. The van der Waals surface area contributed by atoms with Crippen LogP contribution in [0.2, 0.25) is 0 Å². The maximum absolute atomic E-state index is 5.30. The molecule has 0 spiro atoms. The second-order valence-electron chi connectivity index (χ2n) is 3.72. The van der Waals surface area contributed by atoms with Gasteiger partial charge in [-0.15, -0.1) is 0 Å². The number of rotatable bonds is 1. The summed E-state index contributed by atoms with van der Waals surface area (Å²) in [5, 5.41) is 4.45. The van der Waals surface area contributed by atoms with Gasteiger partial charge in [0, 0.05) is 11.2 Å². The number of nitrogens with one attached hydrogen (secondary N) is 1. The van der Waals surface area contributed by atoms with Gasteiger partial charge in [-0.05, 0) is 24.4 Å². The largest absolute Gasteiger partial charge is 0.375 e. The van der Waals surface area contributed by atoms with Crippen LogP contribution in [-0.2, 0) is 0 Å². The second kappa shape index (κ2) is 4.28. The smallest absolute Gasteiger partial charge is 0.184 e. The molecule has 0 saturated carbocycles. The van der Waals surface area contributed by atoms with Crippen LogP contribution in [0.25, 0.3) is 0 Å². The monoisotopic (exact) mass is 217 g/mol. The molecule has 0 amide bonds. The van der Waals surface area contributed by atoms with E-state index in [1.807, 2.05) is 11.8 Å². The van der Waals surface area contributed by atoms with Gasteiger partial charge in [0.1, 0.15) is 0 Å². The van der Waals surface area contributed by atoms with Gasteiger partial charge in [-0.25, -0.2) is 0 Å². The highest BCUT2D eigenvalue weighted by atomic mass is 32.2. The Morgan fingerprint density at radius 2 is 2.38 bits per heavy atom. The summed E-state index contributed by atoms with van der Waals surface area (Å²) in [6, 6.07) is 0. The van der Waals surface area contributed by atoms with E-state index >= 15 is 0 Å². The molecule has 3 N–H and O–H groups in total. The summed E-state index contributed by atoms with van der Waals surface area (Å²) in [7, 11) is 0. The van der Waals surface area contributed by atoms with Crippen molar-refractivity contribution in [1.82, 2.24) is 5.43 Å². The molecule has 5 heteroatoms. The molecule has 0 bridgehead atoms. The average Bonchev–Trinajstić information content (AvgIpc) is 2.01. The van der Waals surface area contributed by atoms with Crippen LogP contribution in [-0.4, -0.2) is 22.3 Å². The zero-order valence-corrected chi connectivity index (χ0v) is 9.60. The molecule has 0 aromatic carbocycles. The Labute approximate surface area is 88.5 Å². The van der Waals surface area contributed by atoms with Crippen LogP contribution in [0.15, 0.2) is 5.10 Å². The van der Waals surface area contributed by atoms with Crippen molar-refractivity contribution < 1.29 is 0 Å². The van der Waals surface area contributed by atoms with Gasteiger partial charge in [-0.3, -0.25) is 5.43 Å². The minimum Gasteiger partial charge on any atom is -0.375 e. The highest BCUT2D eigenvalue weighted by Crippen LogP contribution is 2.31. The summed E-state index contributed by atoms with van der Waals surface area (Å²) in [5.41, 5.74) is 9.29. The summed E-state index contributed by atoms with van der Waals surface area (Å²) < 4.78 is 0. The molecular weight excluding hydrogens is 202 g/mol. The molecule has 1 fully saturated rings. The molecule has 0 aromatic heterocycles. The number of nitrogens with two attached hydrogens (primary N) is 1. The first-order valence-corrected chi connectivity index (χ1v) is 5.79. The molecule has 0 aliphatic carbocycles. The Hall–Kier alpha value is -0.290. The minimum atomic E-state index is 0.184. The third-order valence-electron chi connectivity index (χ3n) is 2.19. The normalized spacial score (nSPS) is 24.3. The van der Waals surface area contributed by atoms with E-state index in [4.69, 9.17) is 18.0 Å². The fourth-order valence-electron chi connectivity index (χ4n) is 1.14. The van der Waals surface area contributed by atoms with E-state index in [1.165, 1.54) is 5.75 Å². The summed E-state index contributed by atoms with van der Waals surface area (Å²) >= 11 is 6.59. The van der Waals surface area contributed by atoms with E-state index in [-0.39, 0.29) is 10.5 Å². The fourth-order valence-corrected chi connectivity index (χ4v) is 2.64. The highest BCUT2D eigenvalue weighted by molar-refractivity contribution is 8.00. The van der Waals surface area contributed by atoms with E-state index in [1.54, 1.807) is 0 Å². The van der Waals surface area contributed by atoms with Gasteiger partial charge in [0.15, 0.2) is 5.11 Å². The molecule has 13 heavy (non-hydrogen) atoms. The van der Waals surface area contributed by atoms with Crippen molar-refractivity contribution in [3.8, 4) is 0 Å². The Balaban J connectivity index is 2.64. The predicted octanol–water partition coefficient (Wildman–Crippen LogP) is 1.34. The first-order valence-electron chi connectivity index (χ1n) is 4.22. The molecule has 3 nitrogen and oxygen atoms in total. The molecule has 0 atom stereocenters. The average molecular weight is 217 g/mol. The van der Waals surface area contributed by atoms with Crippen molar-refractivity contribution in [2.24, 2.45) is 16.3 Å². The molecule has 74 valence electrons. The van der Waals surface area contributed by atoms with Gasteiger partial charge in [0.05, 0.1) is 5.71 Å². The van der Waals surface area contributed by atoms with Gasteiger partial charge in [-0.2, -0.15) is 16.9 Å². The Kier molecular flexibility index (Phi) is 3.55. The summed E-state index contributed by atoms with van der Waals surface area (Å²) in [4.78, 5) is 0. The van der Waals surface area contributed by atoms with Crippen molar-refractivity contribution in [3.63, 3.8) is 0 Å². The molecule has 1 saturated heterocycles. The van der Waals surface area contributed by atoms with Crippen molar-refractivity contribution in [3.05, 3.63) is 0 Å².